The zero-order valence-electron chi connectivity index (χ0n) is 13.8. The molecule has 25 heavy (non-hydrogen) atoms. The van der Waals surface area contributed by atoms with Gasteiger partial charge in [-0.1, -0.05) is 46.3 Å². The smallest absolute Gasteiger partial charge is 0.229 e. The Kier molecular flexibility index (Phi) is 5.50. The van der Waals surface area contributed by atoms with Crippen LogP contribution in [0.5, 0.6) is 5.75 Å². The summed E-state index contributed by atoms with van der Waals surface area (Å²) in [5.41, 5.74) is 2.02. The van der Waals surface area contributed by atoms with Gasteiger partial charge in [0.15, 0.2) is 0 Å². The van der Waals surface area contributed by atoms with Crippen LogP contribution in [0, 0.1) is 0 Å². The van der Waals surface area contributed by atoms with E-state index in [0.29, 0.717) is 18.8 Å². The largest absolute Gasteiger partial charge is 0.497 e. The van der Waals surface area contributed by atoms with Gasteiger partial charge in [-0.3, -0.25) is 4.79 Å². The van der Waals surface area contributed by atoms with Crippen LogP contribution in [0.15, 0.2) is 65.3 Å². The first-order chi connectivity index (χ1) is 12.2. The molecule has 128 valence electrons. The van der Waals surface area contributed by atoms with Crippen molar-refractivity contribution in [2.45, 2.75) is 13.0 Å². The Morgan fingerprint density at radius 3 is 2.64 bits per heavy atom. The van der Waals surface area contributed by atoms with Crippen LogP contribution in [-0.2, 0) is 17.8 Å². The minimum atomic E-state index is -0.0842. The maximum atomic E-state index is 12.3. The van der Waals surface area contributed by atoms with Crippen molar-refractivity contribution in [2.75, 3.05) is 12.4 Å². The second-order valence-corrected chi connectivity index (χ2v) is 6.39. The number of amides is 1. The Morgan fingerprint density at radius 2 is 1.92 bits per heavy atom. The van der Waals surface area contributed by atoms with Gasteiger partial charge in [-0.25, -0.2) is 4.68 Å². The van der Waals surface area contributed by atoms with Gasteiger partial charge < -0.3 is 10.1 Å². The van der Waals surface area contributed by atoms with Gasteiger partial charge in [-0.15, -0.1) is 0 Å². The Balaban J connectivity index is 1.66. The predicted molar refractivity (Wildman–Crippen MR) is 101 cm³/mol. The van der Waals surface area contributed by atoms with Crippen LogP contribution in [0.1, 0.15) is 11.1 Å². The Labute approximate surface area is 154 Å². The Hall–Kier alpha value is -2.60. The molecule has 0 atom stereocenters. The number of carbonyl (C=O) groups excluding carboxylic acids is 1. The van der Waals surface area contributed by atoms with Crippen molar-refractivity contribution in [1.29, 1.82) is 0 Å². The summed E-state index contributed by atoms with van der Waals surface area (Å²) in [7, 11) is 1.62. The fourth-order valence-electron chi connectivity index (χ4n) is 2.47. The van der Waals surface area contributed by atoms with Crippen LogP contribution in [-0.4, -0.2) is 22.8 Å². The highest BCUT2D eigenvalue weighted by atomic mass is 79.9. The van der Waals surface area contributed by atoms with Crippen molar-refractivity contribution in [3.63, 3.8) is 0 Å². The molecule has 0 unspecified atom stereocenters. The number of aromatic nitrogens is 2. The van der Waals surface area contributed by atoms with E-state index in [1.165, 1.54) is 0 Å². The molecule has 3 rings (SSSR count). The SMILES string of the molecule is COc1ccc(CC(=O)Nc2ccnn2Cc2ccccc2Br)cc1. The number of nitrogens with one attached hydrogen (secondary N) is 1. The summed E-state index contributed by atoms with van der Waals surface area (Å²) in [6.07, 6.45) is 1.98. The highest BCUT2D eigenvalue weighted by molar-refractivity contribution is 9.10. The van der Waals surface area contributed by atoms with Gasteiger partial charge >= 0.3 is 0 Å². The monoisotopic (exact) mass is 399 g/mol. The third-order valence-electron chi connectivity index (χ3n) is 3.79. The van der Waals surface area contributed by atoms with Crippen molar-refractivity contribution >= 4 is 27.7 Å². The molecule has 0 fully saturated rings. The van der Waals surface area contributed by atoms with Crippen LogP contribution >= 0.6 is 15.9 Å². The van der Waals surface area contributed by atoms with E-state index >= 15 is 0 Å². The van der Waals surface area contributed by atoms with Gasteiger partial charge in [-0.05, 0) is 29.3 Å². The first-order valence-corrected chi connectivity index (χ1v) is 8.63. The average Bonchev–Trinajstić information content (AvgIpc) is 3.04. The predicted octanol–water partition coefficient (Wildman–Crippen LogP) is 3.88. The van der Waals surface area contributed by atoms with E-state index in [4.69, 9.17) is 4.74 Å². The van der Waals surface area contributed by atoms with Crippen molar-refractivity contribution < 1.29 is 9.53 Å². The molecule has 0 aliphatic carbocycles. The summed E-state index contributed by atoms with van der Waals surface area (Å²) in [5.74, 6) is 1.36. The summed E-state index contributed by atoms with van der Waals surface area (Å²) < 4.78 is 7.91. The minimum absolute atomic E-state index is 0.0842. The summed E-state index contributed by atoms with van der Waals surface area (Å²) in [6, 6.07) is 17.2. The van der Waals surface area contributed by atoms with E-state index in [1.54, 1.807) is 24.1 Å². The fourth-order valence-corrected chi connectivity index (χ4v) is 2.88. The van der Waals surface area contributed by atoms with E-state index < -0.39 is 0 Å². The number of hydrogen-bond acceptors (Lipinski definition) is 3. The molecule has 2 aromatic carbocycles. The number of halogens is 1. The molecule has 0 aliphatic heterocycles. The topological polar surface area (TPSA) is 56.1 Å². The molecule has 6 heteroatoms. The first kappa shape index (κ1) is 17.2. The third kappa shape index (κ3) is 4.48. The van der Waals surface area contributed by atoms with Crippen molar-refractivity contribution in [2.24, 2.45) is 0 Å². The Bertz CT molecular complexity index is 859. The lowest BCUT2D eigenvalue weighted by molar-refractivity contribution is -0.115. The van der Waals surface area contributed by atoms with Crippen LogP contribution in [0.3, 0.4) is 0 Å². The number of ether oxygens (including phenoxy) is 1. The molecule has 0 radical (unpaired) electrons. The molecule has 3 aromatic rings. The lowest BCUT2D eigenvalue weighted by Gasteiger charge is -2.10. The normalized spacial score (nSPS) is 10.5. The Morgan fingerprint density at radius 1 is 1.16 bits per heavy atom. The third-order valence-corrected chi connectivity index (χ3v) is 4.56. The van der Waals surface area contributed by atoms with Crippen molar-refractivity contribution in [3.05, 3.63) is 76.4 Å². The summed E-state index contributed by atoms with van der Waals surface area (Å²) >= 11 is 3.53. The van der Waals surface area contributed by atoms with E-state index in [-0.39, 0.29) is 5.91 Å². The van der Waals surface area contributed by atoms with Crippen LogP contribution in [0.2, 0.25) is 0 Å². The number of hydrogen-bond donors (Lipinski definition) is 1. The molecule has 0 spiro atoms. The maximum absolute atomic E-state index is 12.3. The van der Waals surface area contributed by atoms with E-state index in [1.807, 2.05) is 48.5 Å². The molecule has 5 nitrogen and oxygen atoms in total. The van der Waals surface area contributed by atoms with Gasteiger partial charge in [0.05, 0.1) is 26.3 Å². The summed E-state index contributed by atoms with van der Waals surface area (Å²) in [4.78, 5) is 12.3. The number of rotatable bonds is 6. The zero-order valence-corrected chi connectivity index (χ0v) is 15.4. The molecule has 0 saturated carbocycles. The molecular formula is C19H18BrN3O2. The van der Waals surface area contributed by atoms with E-state index in [0.717, 1.165) is 21.3 Å². The second-order valence-electron chi connectivity index (χ2n) is 5.54. The first-order valence-electron chi connectivity index (χ1n) is 7.83. The minimum Gasteiger partial charge on any atom is -0.497 e. The molecule has 1 amide bonds. The highest BCUT2D eigenvalue weighted by Gasteiger charge is 2.10. The summed E-state index contributed by atoms with van der Waals surface area (Å²) in [5, 5.41) is 7.22. The van der Waals surface area contributed by atoms with Gasteiger partial charge in [-0.2, -0.15) is 5.10 Å². The fraction of sp³-hybridized carbons (Fsp3) is 0.158. The number of carbonyl (C=O) groups is 1. The maximum Gasteiger partial charge on any atom is 0.229 e. The zero-order chi connectivity index (χ0) is 17.6. The second kappa shape index (κ2) is 7.98. The molecule has 1 aromatic heterocycles. The van der Waals surface area contributed by atoms with Crippen molar-refractivity contribution in [3.8, 4) is 5.75 Å². The number of methoxy groups -OCH3 is 1. The van der Waals surface area contributed by atoms with Gasteiger partial charge in [0.1, 0.15) is 11.6 Å². The molecule has 0 bridgehead atoms. The van der Waals surface area contributed by atoms with Gasteiger partial charge in [0, 0.05) is 10.5 Å². The average molecular weight is 400 g/mol. The molecular weight excluding hydrogens is 382 g/mol. The number of nitrogens with zero attached hydrogens (tertiary/aromatic N) is 2. The standard InChI is InChI=1S/C19H18BrN3O2/c1-25-16-8-6-14(7-9-16)12-19(24)22-18-10-11-21-23(18)13-15-4-2-3-5-17(15)20/h2-11H,12-13H2,1H3,(H,22,24). The van der Waals surface area contributed by atoms with Crippen LogP contribution in [0.25, 0.3) is 0 Å². The van der Waals surface area contributed by atoms with Gasteiger partial charge in [0.25, 0.3) is 0 Å². The van der Waals surface area contributed by atoms with Crippen LogP contribution < -0.4 is 10.1 Å². The lowest BCUT2D eigenvalue weighted by atomic mass is 10.1. The van der Waals surface area contributed by atoms with E-state index in [2.05, 4.69) is 26.3 Å². The molecule has 1 heterocycles. The number of benzene rings is 2. The lowest BCUT2D eigenvalue weighted by Crippen LogP contribution is -2.18. The van der Waals surface area contributed by atoms with E-state index in [9.17, 15) is 4.79 Å². The van der Waals surface area contributed by atoms with Crippen molar-refractivity contribution in [1.82, 2.24) is 9.78 Å². The molecule has 1 N–H and O–H groups in total. The molecule has 0 aliphatic rings. The van der Waals surface area contributed by atoms with Gasteiger partial charge in [0.2, 0.25) is 5.91 Å². The quantitative estimate of drug-likeness (QED) is 0.683. The van der Waals surface area contributed by atoms with Crippen LogP contribution in [0.4, 0.5) is 5.82 Å². The number of anilines is 1. The summed E-state index contributed by atoms with van der Waals surface area (Å²) in [6.45, 7) is 0.576. The molecule has 0 saturated heterocycles. The highest BCUT2D eigenvalue weighted by Crippen LogP contribution is 2.19.